The molecule has 0 aliphatic heterocycles. The molecule has 0 radical (unpaired) electrons. The van der Waals surface area contributed by atoms with Gasteiger partial charge in [-0.05, 0) is 46.5 Å². The van der Waals surface area contributed by atoms with Gasteiger partial charge in [0.15, 0.2) is 0 Å². The molecule has 4 N–H and O–H groups in total. The number of aliphatic hydroxyl groups is 1. The lowest BCUT2D eigenvalue weighted by atomic mass is 10.0. The zero-order chi connectivity index (χ0) is 14.5. The molecule has 0 heterocycles. The van der Waals surface area contributed by atoms with E-state index in [1.807, 2.05) is 6.92 Å². The second-order valence-electron chi connectivity index (χ2n) is 4.33. The predicted molar refractivity (Wildman–Crippen MR) is 79.2 cm³/mol. The van der Waals surface area contributed by atoms with Gasteiger partial charge in [-0.15, -0.1) is 0 Å². The summed E-state index contributed by atoms with van der Waals surface area (Å²) in [6.45, 7) is 2.33. The number of halogens is 1. The second kappa shape index (κ2) is 7.23. The summed E-state index contributed by atoms with van der Waals surface area (Å²) in [4.78, 5) is 0.131. The quantitative estimate of drug-likeness (QED) is 0.652. The number of hydrogen-bond donors (Lipinski definition) is 3. The van der Waals surface area contributed by atoms with E-state index in [2.05, 4.69) is 20.7 Å². The molecule has 0 spiro atoms. The summed E-state index contributed by atoms with van der Waals surface area (Å²) in [5.74, 6) is 0.125. The Morgan fingerprint density at radius 3 is 2.74 bits per heavy atom. The summed E-state index contributed by atoms with van der Waals surface area (Å²) >= 11 is 3.21. The summed E-state index contributed by atoms with van der Waals surface area (Å²) in [6.07, 6.45) is 1.39. The topological polar surface area (TPSA) is 92.4 Å². The van der Waals surface area contributed by atoms with Gasteiger partial charge < -0.3 is 10.8 Å². The Bertz CT molecular complexity index is 520. The Morgan fingerprint density at radius 1 is 1.47 bits per heavy atom. The lowest BCUT2D eigenvalue weighted by Gasteiger charge is -2.15. The molecule has 0 saturated carbocycles. The molecule has 0 fully saturated rings. The molecule has 1 aromatic rings. The van der Waals surface area contributed by atoms with Gasteiger partial charge >= 0.3 is 0 Å². The summed E-state index contributed by atoms with van der Waals surface area (Å²) in [7, 11) is -3.60. The first-order chi connectivity index (χ1) is 8.90. The first-order valence-corrected chi connectivity index (χ1v) is 8.34. The van der Waals surface area contributed by atoms with Crippen molar-refractivity contribution in [3.63, 3.8) is 0 Å². The third kappa shape index (κ3) is 4.76. The summed E-state index contributed by atoms with van der Waals surface area (Å²) in [6, 6.07) is 4.65. The Morgan fingerprint density at radius 2 is 2.16 bits per heavy atom. The van der Waals surface area contributed by atoms with Crippen LogP contribution in [0.5, 0.6) is 0 Å². The normalized spacial score (nSPS) is 13.4. The van der Waals surface area contributed by atoms with Crippen molar-refractivity contribution >= 4 is 31.6 Å². The molecule has 0 amide bonds. The number of hydrogen-bond acceptors (Lipinski definition) is 4. The number of sulfonamides is 1. The molecular weight excluding hydrogens is 332 g/mol. The van der Waals surface area contributed by atoms with E-state index >= 15 is 0 Å². The standard InChI is InChI=1S/C12H19BrN2O3S/c1-2-9(5-6-16)8-15-19(17,18)12-7-10(14)3-4-11(12)13/h3-4,7,9,15-16H,2,5-6,8,14H2,1H3. The van der Waals surface area contributed by atoms with Crippen molar-refractivity contribution in [3.8, 4) is 0 Å². The van der Waals surface area contributed by atoms with Crippen LogP contribution < -0.4 is 10.5 Å². The SMILES string of the molecule is CCC(CCO)CNS(=O)(=O)c1cc(N)ccc1Br. The largest absolute Gasteiger partial charge is 0.399 e. The molecule has 0 aliphatic rings. The molecule has 5 nitrogen and oxygen atoms in total. The molecule has 0 aliphatic carbocycles. The molecule has 1 atom stereocenters. The molecule has 0 aromatic heterocycles. The molecule has 1 unspecified atom stereocenters. The lowest BCUT2D eigenvalue weighted by molar-refractivity contribution is 0.254. The molecule has 0 bridgehead atoms. The fourth-order valence-electron chi connectivity index (χ4n) is 1.66. The van der Waals surface area contributed by atoms with Crippen molar-refractivity contribution in [2.75, 3.05) is 18.9 Å². The van der Waals surface area contributed by atoms with Crippen molar-refractivity contribution in [3.05, 3.63) is 22.7 Å². The molecule has 108 valence electrons. The van der Waals surface area contributed by atoms with E-state index in [4.69, 9.17) is 10.8 Å². The van der Waals surface area contributed by atoms with Crippen LogP contribution in [0.1, 0.15) is 19.8 Å². The van der Waals surface area contributed by atoms with Gasteiger partial charge in [0, 0.05) is 23.3 Å². The molecule has 1 rings (SSSR count). The van der Waals surface area contributed by atoms with Crippen LogP contribution in [0.15, 0.2) is 27.6 Å². The van der Waals surface area contributed by atoms with Crippen molar-refractivity contribution in [1.29, 1.82) is 0 Å². The Kier molecular flexibility index (Phi) is 6.25. The number of benzene rings is 1. The van der Waals surface area contributed by atoms with Crippen LogP contribution in [0.25, 0.3) is 0 Å². The third-order valence-corrected chi connectivity index (χ3v) is 5.34. The molecule has 7 heteroatoms. The zero-order valence-electron chi connectivity index (χ0n) is 10.8. The minimum absolute atomic E-state index is 0.0578. The van der Waals surface area contributed by atoms with Crippen molar-refractivity contribution in [1.82, 2.24) is 4.72 Å². The Balaban J connectivity index is 2.83. The first kappa shape index (κ1) is 16.4. The molecular formula is C12H19BrN2O3S. The van der Waals surface area contributed by atoms with Crippen LogP contribution in [-0.2, 0) is 10.0 Å². The van der Waals surface area contributed by atoms with E-state index in [1.165, 1.54) is 6.07 Å². The maximum atomic E-state index is 12.2. The highest BCUT2D eigenvalue weighted by Crippen LogP contribution is 2.24. The Hall–Kier alpha value is -0.630. The fourth-order valence-corrected chi connectivity index (χ4v) is 3.78. The van der Waals surface area contributed by atoms with Crippen LogP contribution in [-0.4, -0.2) is 26.7 Å². The lowest BCUT2D eigenvalue weighted by Crippen LogP contribution is -2.30. The number of rotatable bonds is 7. The van der Waals surface area contributed by atoms with Gasteiger partial charge in [-0.25, -0.2) is 13.1 Å². The summed E-state index contributed by atoms with van der Waals surface area (Å²) in [5, 5.41) is 8.89. The van der Waals surface area contributed by atoms with Crippen LogP contribution in [0.4, 0.5) is 5.69 Å². The maximum Gasteiger partial charge on any atom is 0.241 e. The number of nitrogens with one attached hydrogen (secondary N) is 1. The van der Waals surface area contributed by atoms with E-state index in [0.717, 1.165) is 6.42 Å². The maximum absolute atomic E-state index is 12.2. The number of anilines is 1. The highest BCUT2D eigenvalue weighted by Gasteiger charge is 2.19. The highest BCUT2D eigenvalue weighted by molar-refractivity contribution is 9.10. The van der Waals surface area contributed by atoms with Crippen LogP contribution in [0.2, 0.25) is 0 Å². The Labute approximate surface area is 122 Å². The molecule has 19 heavy (non-hydrogen) atoms. The minimum Gasteiger partial charge on any atom is -0.399 e. The number of nitrogens with two attached hydrogens (primary N) is 1. The van der Waals surface area contributed by atoms with E-state index in [0.29, 0.717) is 23.1 Å². The van der Waals surface area contributed by atoms with Gasteiger partial charge in [-0.2, -0.15) is 0 Å². The summed E-state index contributed by atoms with van der Waals surface area (Å²) in [5.41, 5.74) is 6.00. The van der Waals surface area contributed by atoms with Gasteiger partial charge in [-0.1, -0.05) is 13.3 Å². The van der Waals surface area contributed by atoms with Crippen molar-refractivity contribution in [2.24, 2.45) is 5.92 Å². The van der Waals surface area contributed by atoms with E-state index in [9.17, 15) is 8.42 Å². The summed E-state index contributed by atoms with van der Waals surface area (Å²) < 4.78 is 27.4. The fraction of sp³-hybridized carbons (Fsp3) is 0.500. The first-order valence-electron chi connectivity index (χ1n) is 6.06. The van der Waals surface area contributed by atoms with Gasteiger partial charge in [-0.3, -0.25) is 0 Å². The monoisotopic (exact) mass is 350 g/mol. The van der Waals surface area contributed by atoms with Gasteiger partial charge in [0.25, 0.3) is 0 Å². The number of nitrogen functional groups attached to an aromatic ring is 1. The van der Waals surface area contributed by atoms with Crippen molar-refractivity contribution < 1.29 is 13.5 Å². The van der Waals surface area contributed by atoms with Crippen LogP contribution in [0.3, 0.4) is 0 Å². The van der Waals surface area contributed by atoms with Crippen molar-refractivity contribution in [2.45, 2.75) is 24.7 Å². The third-order valence-electron chi connectivity index (χ3n) is 2.92. The zero-order valence-corrected chi connectivity index (χ0v) is 13.2. The van der Waals surface area contributed by atoms with E-state index in [1.54, 1.807) is 12.1 Å². The van der Waals surface area contributed by atoms with Gasteiger partial charge in [0.05, 0.1) is 4.90 Å². The van der Waals surface area contributed by atoms with Crippen LogP contribution in [0, 0.1) is 5.92 Å². The molecule has 1 aromatic carbocycles. The van der Waals surface area contributed by atoms with Gasteiger partial charge in [0.1, 0.15) is 0 Å². The number of aliphatic hydroxyl groups excluding tert-OH is 1. The predicted octanol–water partition coefficient (Wildman–Crippen LogP) is 1.72. The van der Waals surface area contributed by atoms with Gasteiger partial charge in [0.2, 0.25) is 10.0 Å². The minimum atomic E-state index is -3.60. The van der Waals surface area contributed by atoms with Crippen LogP contribution >= 0.6 is 15.9 Å². The molecule has 0 saturated heterocycles. The van der Waals surface area contributed by atoms with E-state index < -0.39 is 10.0 Å². The average molecular weight is 351 g/mol. The average Bonchev–Trinajstić information content (AvgIpc) is 2.37. The second-order valence-corrected chi connectivity index (χ2v) is 6.92. The van der Waals surface area contributed by atoms with E-state index in [-0.39, 0.29) is 17.4 Å². The highest BCUT2D eigenvalue weighted by atomic mass is 79.9. The smallest absolute Gasteiger partial charge is 0.241 e.